The fraction of sp³-hybridized carbons (Fsp3) is 0.208. The van der Waals surface area contributed by atoms with Crippen LogP contribution in [0.15, 0.2) is 54.6 Å². The van der Waals surface area contributed by atoms with Gasteiger partial charge in [-0.15, -0.1) is 0 Å². The highest BCUT2D eigenvalue weighted by molar-refractivity contribution is 6.15. The Labute approximate surface area is 163 Å². The van der Waals surface area contributed by atoms with E-state index >= 15 is 0 Å². The first-order valence-electron chi connectivity index (χ1n) is 9.59. The van der Waals surface area contributed by atoms with Gasteiger partial charge in [-0.2, -0.15) is 4.57 Å². The minimum absolute atomic E-state index is 0.800. The summed E-state index contributed by atoms with van der Waals surface area (Å²) in [6, 6.07) is 18.4. The SMILES string of the molecule is CCC[n+]1c2cccc(OC)c2c2c3c(cccc31)Oc1cccc(OC)c1-2. The number of fused-ring (bicyclic) bond motifs is 4. The molecule has 5 rings (SSSR count). The van der Waals surface area contributed by atoms with E-state index in [9.17, 15) is 0 Å². The smallest absolute Gasteiger partial charge is 0.217 e. The van der Waals surface area contributed by atoms with Gasteiger partial charge in [0, 0.05) is 24.1 Å². The van der Waals surface area contributed by atoms with Gasteiger partial charge in [0.25, 0.3) is 0 Å². The number of hydrogen-bond donors (Lipinski definition) is 0. The summed E-state index contributed by atoms with van der Waals surface area (Å²) in [4.78, 5) is 0. The third-order valence-corrected chi connectivity index (χ3v) is 5.44. The van der Waals surface area contributed by atoms with Crippen LogP contribution >= 0.6 is 0 Å². The number of pyridine rings is 1. The Morgan fingerprint density at radius 3 is 2.14 bits per heavy atom. The topological polar surface area (TPSA) is 31.6 Å². The van der Waals surface area contributed by atoms with Crippen LogP contribution in [0.2, 0.25) is 0 Å². The first-order chi connectivity index (χ1) is 13.8. The van der Waals surface area contributed by atoms with Crippen molar-refractivity contribution in [1.29, 1.82) is 0 Å². The minimum Gasteiger partial charge on any atom is -0.496 e. The molecule has 2 heterocycles. The lowest BCUT2D eigenvalue weighted by molar-refractivity contribution is -0.645. The average molecular weight is 372 g/mol. The van der Waals surface area contributed by atoms with E-state index in [-0.39, 0.29) is 0 Å². The van der Waals surface area contributed by atoms with Crippen LogP contribution in [0.4, 0.5) is 0 Å². The van der Waals surface area contributed by atoms with E-state index in [0.717, 1.165) is 68.9 Å². The molecule has 4 aromatic rings. The zero-order valence-electron chi connectivity index (χ0n) is 16.3. The molecule has 0 fully saturated rings. The third kappa shape index (κ3) is 2.21. The molecule has 0 unspecified atom stereocenters. The number of benzene rings is 3. The fourth-order valence-electron chi connectivity index (χ4n) is 4.35. The molecular formula is C24H22NO3+. The molecule has 0 bridgehead atoms. The summed E-state index contributed by atoms with van der Waals surface area (Å²) in [7, 11) is 3.43. The van der Waals surface area contributed by atoms with Crippen LogP contribution in [0.1, 0.15) is 13.3 Å². The zero-order valence-corrected chi connectivity index (χ0v) is 16.3. The maximum absolute atomic E-state index is 6.31. The Bertz CT molecular complexity index is 1230. The lowest BCUT2D eigenvalue weighted by atomic mass is 9.91. The molecule has 0 saturated heterocycles. The van der Waals surface area contributed by atoms with Crippen molar-refractivity contribution in [2.45, 2.75) is 19.9 Å². The number of nitrogens with zero attached hydrogens (tertiary/aromatic N) is 1. The van der Waals surface area contributed by atoms with Crippen LogP contribution in [0.25, 0.3) is 32.9 Å². The Morgan fingerprint density at radius 1 is 0.750 bits per heavy atom. The molecule has 0 amide bonds. The van der Waals surface area contributed by atoms with E-state index in [0.29, 0.717) is 0 Å². The maximum Gasteiger partial charge on any atom is 0.217 e. The van der Waals surface area contributed by atoms with Crippen molar-refractivity contribution in [3.63, 3.8) is 0 Å². The summed E-state index contributed by atoms with van der Waals surface area (Å²) in [6.45, 7) is 3.12. The van der Waals surface area contributed by atoms with Crippen molar-refractivity contribution >= 4 is 21.8 Å². The quantitative estimate of drug-likeness (QED) is 0.309. The van der Waals surface area contributed by atoms with E-state index in [1.54, 1.807) is 14.2 Å². The third-order valence-electron chi connectivity index (χ3n) is 5.44. The van der Waals surface area contributed by atoms with Crippen LogP contribution in [0.3, 0.4) is 0 Å². The number of hydrogen-bond acceptors (Lipinski definition) is 3. The summed E-state index contributed by atoms with van der Waals surface area (Å²) in [5.41, 5.74) is 4.40. The highest BCUT2D eigenvalue weighted by Gasteiger charge is 2.32. The monoisotopic (exact) mass is 372 g/mol. The molecule has 0 spiro atoms. The summed E-state index contributed by atoms with van der Waals surface area (Å²) in [5.74, 6) is 3.33. The number of aromatic nitrogens is 1. The standard InChI is InChI=1S/C24H22NO3/c1-4-14-25-15-8-5-10-17(26-2)21(15)24-22-16(25)9-6-12-19(22)28-20-13-7-11-18(27-3)23(20)24/h5-13H,4,14H2,1-3H3/q+1. The molecule has 0 saturated carbocycles. The van der Waals surface area contributed by atoms with Gasteiger partial charge in [0.1, 0.15) is 29.5 Å². The number of ether oxygens (including phenoxy) is 3. The van der Waals surface area contributed by atoms with Gasteiger partial charge in [0.2, 0.25) is 11.0 Å². The molecule has 0 aliphatic carbocycles. The lowest BCUT2D eigenvalue weighted by Gasteiger charge is -2.24. The van der Waals surface area contributed by atoms with Gasteiger partial charge in [-0.05, 0) is 24.3 Å². The molecule has 140 valence electrons. The first-order valence-corrected chi connectivity index (χ1v) is 9.59. The molecule has 4 nitrogen and oxygen atoms in total. The molecule has 1 aliphatic rings. The van der Waals surface area contributed by atoms with E-state index in [4.69, 9.17) is 14.2 Å². The predicted octanol–water partition coefficient (Wildman–Crippen LogP) is 5.48. The van der Waals surface area contributed by atoms with Crippen molar-refractivity contribution in [2.24, 2.45) is 0 Å². The Balaban J connectivity index is 2.09. The van der Waals surface area contributed by atoms with E-state index in [1.165, 1.54) is 0 Å². The van der Waals surface area contributed by atoms with Crippen LogP contribution < -0.4 is 18.8 Å². The highest BCUT2D eigenvalue weighted by atomic mass is 16.5. The average Bonchev–Trinajstić information content (AvgIpc) is 2.74. The van der Waals surface area contributed by atoms with Crippen LogP contribution in [-0.4, -0.2) is 14.2 Å². The Morgan fingerprint density at radius 2 is 1.39 bits per heavy atom. The molecule has 0 radical (unpaired) electrons. The zero-order chi connectivity index (χ0) is 19.3. The van der Waals surface area contributed by atoms with Crippen LogP contribution in [0.5, 0.6) is 23.0 Å². The van der Waals surface area contributed by atoms with Gasteiger partial charge in [-0.3, -0.25) is 0 Å². The van der Waals surface area contributed by atoms with E-state index in [2.05, 4.69) is 35.8 Å². The normalized spacial score (nSPS) is 12.0. The molecule has 1 aromatic heterocycles. The van der Waals surface area contributed by atoms with Crippen molar-refractivity contribution in [3.8, 4) is 34.1 Å². The number of methoxy groups -OCH3 is 2. The molecular weight excluding hydrogens is 350 g/mol. The van der Waals surface area contributed by atoms with Crippen LogP contribution in [-0.2, 0) is 6.54 Å². The van der Waals surface area contributed by atoms with Gasteiger partial charge >= 0.3 is 0 Å². The van der Waals surface area contributed by atoms with Crippen molar-refractivity contribution in [1.82, 2.24) is 0 Å². The summed E-state index contributed by atoms with van der Waals surface area (Å²) >= 11 is 0. The van der Waals surface area contributed by atoms with Crippen molar-refractivity contribution in [3.05, 3.63) is 54.6 Å². The Kier molecular flexibility index (Phi) is 3.86. The summed E-state index contributed by atoms with van der Waals surface area (Å²) < 4.78 is 20.2. The number of rotatable bonds is 4. The molecule has 28 heavy (non-hydrogen) atoms. The summed E-state index contributed by atoms with van der Waals surface area (Å²) in [6.07, 6.45) is 1.04. The van der Waals surface area contributed by atoms with Gasteiger partial charge in [-0.25, -0.2) is 0 Å². The second-order valence-electron chi connectivity index (χ2n) is 6.97. The maximum atomic E-state index is 6.31. The fourth-order valence-corrected chi connectivity index (χ4v) is 4.35. The molecule has 1 aliphatic heterocycles. The van der Waals surface area contributed by atoms with Crippen molar-refractivity contribution < 1.29 is 18.8 Å². The molecule has 0 atom stereocenters. The van der Waals surface area contributed by atoms with Gasteiger partial charge in [0.05, 0.1) is 30.6 Å². The van der Waals surface area contributed by atoms with Gasteiger partial charge in [-0.1, -0.05) is 25.1 Å². The second-order valence-corrected chi connectivity index (χ2v) is 6.97. The largest absolute Gasteiger partial charge is 0.496 e. The minimum atomic E-state index is 0.800. The lowest BCUT2D eigenvalue weighted by Crippen LogP contribution is -2.36. The molecule has 0 N–H and O–H groups in total. The van der Waals surface area contributed by atoms with E-state index < -0.39 is 0 Å². The predicted molar refractivity (Wildman–Crippen MR) is 111 cm³/mol. The Hall–Kier alpha value is -3.27. The number of aryl methyl sites for hydroxylation is 1. The van der Waals surface area contributed by atoms with Gasteiger partial charge < -0.3 is 14.2 Å². The van der Waals surface area contributed by atoms with Crippen molar-refractivity contribution in [2.75, 3.05) is 14.2 Å². The van der Waals surface area contributed by atoms with Crippen LogP contribution in [0, 0.1) is 0 Å². The van der Waals surface area contributed by atoms with Gasteiger partial charge in [0.15, 0.2) is 0 Å². The first kappa shape index (κ1) is 16.9. The second kappa shape index (κ2) is 6.41. The molecule has 3 aromatic carbocycles. The highest BCUT2D eigenvalue weighted by Crippen LogP contribution is 2.53. The van der Waals surface area contributed by atoms with E-state index in [1.807, 2.05) is 30.3 Å². The summed E-state index contributed by atoms with van der Waals surface area (Å²) in [5, 5.41) is 2.19. The molecule has 4 heteroatoms.